The van der Waals surface area contributed by atoms with E-state index in [2.05, 4.69) is 5.32 Å². The Bertz CT molecular complexity index is 542. The highest BCUT2D eigenvalue weighted by Crippen LogP contribution is 2.33. The van der Waals surface area contributed by atoms with Gasteiger partial charge in [0.2, 0.25) is 0 Å². The Morgan fingerprint density at radius 3 is 2.61 bits per heavy atom. The van der Waals surface area contributed by atoms with Crippen molar-refractivity contribution in [1.29, 1.82) is 0 Å². The summed E-state index contributed by atoms with van der Waals surface area (Å²) in [6, 6.07) is 6.57. The molecule has 1 aromatic carbocycles. The summed E-state index contributed by atoms with van der Waals surface area (Å²) in [5.74, 6) is -0.412. The average molecular weight is 304 g/mol. The van der Waals surface area contributed by atoms with Gasteiger partial charge in [0.15, 0.2) is 0 Å². The van der Waals surface area contributed by atoms with Gasteiger partial charge in [-0.2, -0.15) is 0 Å². The van der Waals surface area contributed by atoms with Gasteiger partial charge in [-0.15, -0.1) is 11.3 Å². The molecule has 0 bridgehead atoms. The zero-order valence-electron chi connectivity index (χ0n) is 9.71. The second-order valence-electron chi connectivity index (χ2n) is 3.80. The molecule has 0 amide bonds. The minimum atomic E-state index is -0.412. The van der Waals surface area contributed by atoms with Gasteiger partial charge in [0.1, 0.15) is 5.82 Å². The maximum atomic E-state index is 13.5. The molecule has 1 nitrogen and oxygen atoms in total. The highest BCUT2D eigenvalue weighted by molar-refractivity contribution is 7.10. The van der Waals surface area contributed by atoms with Crippen LogP contribution >= 0.6 is 34.5 Å². The molecule has 1 N–H and O–H groups in total. The normalized spacial score (nSPS) is 12.7. The van der Waals surface area contributed by atoms with Gasteiger partial charge >= 0.3 is 0 Å². The lowest BCUT2D eigenvalue weighted by Gasteiger charge is -2.18. The minimum absolute atomic E-state index is 0.103. The SMILES string of the molecule is CCNC(c1ccc(Cl)c(F)c1)c1sccc1Cl. The van der Waals surface area contributed by atoms with Crippen molar-refractivity contribution in [3.8, 4) is 0 Å². The van der Waals surface area contributed by atoms with Crippen LogP contribution < -0.4 is 5.32 Å². The Labute approximate surface area is 120 Å². The third-order valence-corrected chi connectivity index (χ3v) is 4.32. The predicted molar refractivity (Wildman–Crippen MR) is 76.3 cm³/mol. The molecule has 0 saturated heterocycles. The zero-order valence-corrected chi connectivity index (χ0v) is 12.0. The number of hydrogen-bond acceptors (Lipinski definition) is 2. The Balaban J connectivity index is 2.41. The number of benzene rings is 1. The van der Waals surface area contributed by atoms with E-state index in [4.69, 9.17) is 23.2 Å². The number of halogens is 3. The summed E-state index contributed by atoms with van der Waals surface area (Å²) in [7, 11) is 0. The van der Waals surface area contributed by atoms with E-state index in [1.54, 1.807) is 17.4 Å². The monoisotopic (exact) mass is 303 g/mol. The fourth-order valence-corrected chi connectivity index (χ4v) is 3.15. The maximum Gasteiger partial charge on any atom is 0.142 e. The first-order valence-corrected chi connectivity index (χ1v) is 7.18. The Kier molecular flexibility index (Phi) is 4.62. The van der Waals surface area contributed by atoms with Crippen LogP contribution in [0.3, 0.4) is 0 Å². The topological polar surface area (TPSA) is 12.0 Å². The third-order valence-electron chi connectivity index (χ3n) is 2.59. The van der Waals surface area contributed by atoms with E-state index >= 15 is 0 Å². The lowest BCUT2D eigenvalue weighted by molar-refractivity contribution is 0.607. The van der Waals surface area contributed by atoms with E-state index in [1.807, 2.05) is 24.4 Å². The van der Waals surface area contributed by atoms with E-state index in [1.165, 1.54) is 6.07 Å². The van der Waals surface area contributed by atoms with E-state index in [-0.39, 0.29) is 11.1 Å². The number of nitrogens with one attached hydrogen (secondary N) is 1. The molecule has 5 heteroatoms. The molecule has 0 saturated carbocycles. The highest BCUT2D eigenvalue weighted by Gasteiger charge is 2.18. The summed E-state index contributed by atoms with van der Waals surface area (Å²) in [6.45, 7) is 2.77. The van der Waals surface area contributed by atoms with Crippen LogP contribution in [0, 0.1) is 5.82 Å². The van der Waals surface area contributed by atoms with Crippen molar-refractivity contribution in [1.82, 2.24) is 5.32 Å². The molecule has 1 aromatic heterocycles. The van der Waals surface area contributed by atoms with E-state index in [0.29, 0.717) is 5.02 Å². The van der Waals surface area contributed by atoms with Crippen molar-refractivity contribution < 1.29 is 4.39 Å². The molecule has 96 valence electrons. The van der Waals surface area contributed by atoms with E-state index < -0.39 is 5.82 Å². The molecule has 2 aromatic rings. The smallest absolute Gasteiger partial charge is 0.142 e. The Morgan fingerprint density at radius 2 is 2.06 bits per heavy atom. The summed E-state index contributed by atoms with van der Waals surface area (Å²) in [6.07, 6.45) is 0. The fourth-order valence-electron chi connectivity index (χ4n) is 1.77. The van der Waals surface area contributed by atoms with Gasteiger partial charge < -0.3 is 5.32 Å². The fraction of sp³-hybridized carbons (Fsp3) is 0.231. The number of rotatable bonds is 4. The molecule has 0 aliphatic heterocycles. The third kappa shape index (κ3) is 2.86. The molecule has 2 rings (SSSR count). The van der Waals surface area contributed by atoms with E-state index in [9.17, 15) is 4.39 Å². The first-order valence-electron chi connectivity index (χ1n) is 5.54. The summed E-state index contributed by atoms with van der Waals surface area (Å²) < 4.78 is 13.5. The lowest BCUT2D eigenvalue weighted by Crippen LogP contribution is -2.21. The van der Waals surface area contributed by atoms with Gasteiger partial charge in [-0.25, -0.2) is 4.39 Å². The van der Waals surface area contributed by atoms with Gasteiger partial charge in [-0.1, -0.05) is 36.2 Å². The Morgan fingerprint density at radius 1 is 1.28 bits per heavy atom. The van der Waals surface area contributed by atoms with Gasteiger partial charge in [-0.3, -0.25) is 0 Å². The summed E-state index contributed by atoms with van der Waals surface area (Å²) in [4.78, 5) is 0.986. The molecular formula is C13H12Cl2FNS. The van der Waals surface area contributed by atoms with Crippen LogP contribution in [-0.4, -0.2) is 6.54 Å². The van der Waals surface area contributed by atoms with Gasteiger partial charge in [0.25, 0.3) is 0 Å². The van der Waals surface area contributed by atoms with Gasteiger partial charge in [0, 0.05) is 4.88 Å². The van der Waals surface area contributed by atoms with Crippen LogP contribution in [0.25, 0.3) is 0 Å². The number of thiophene rings is 1. The van der Waals surface area contributed by atoms with Crippen molar-refractivity contribution in [3.63, 3.8) is 0 Å². The quantitative estimate of drug-likeness (QED) is 0.847. The predicted octanol–water partition coefficient (Wildman–Crippen LogP) is 4.89. The lowest BCUT2D eigenvalue weighted by atomic mass is 10.1. The molecule has 0 aliphatic carbocycles. The van der Waals surface area contributed by atoms with Crippen LogP contribution in [0.1, 0.15) is 23.4 Å². The van der Waals surface area contributed by atoms with Crippen LogP contribution in [0.15, 0.2) is 29.6 Å². The van der Waals surface area contributed by atoms with Crippen molar-refractivity contribution in [2.24, 2.45) is 0 Å². The Hall–Kier alpha value is -0.610. The molecule has 1 heterocycles. The summed E-state index contributed by atoms with van der Waals surface area (Å²) in [5, 5.41) is 6.06. The summed E-state index contributed by atoms with van der Waals surface area (Å²) >= 11 is 13.4. The molecule has 0 radical (unpaired) electrons. The first-order chi connectivity index (χ1) is 8.63. The second kappa shape index (κ2) is 6.02. The summed E-state index contributed by atoms with van der Waals surface area (Å²) in [5.41, 5.74) is 0.822. The van der Waals surface area contributed by atoms with Crippen LogP contribution in [0.2, 0.25) is 10.0 Å². The molecule has 1 unspecified atom stereocenters. The van der Waals surface area contributed by atoms with Gasteiger partial charge in [0.05, 0.1) is 16.1 Å². The van der Waals surface area contributed by atoms with Crippen molar-refractivity contribution in [2.75, 3.05) is 6.54 Å². The van der Waals surface area contributed by atoms with Gasteiger partial charge in [-0.05, 0) is 35.7 Å². The van der Waals surface area contributed by atoms with Crippen molar-refractivity contribution in [2.45, 2.75) is 13.0 Å². The standard InChI is InChI=1S/C13H12Cl2FNS/c1-2-17-12(13-10(15)5-6-18-13)8-3-4-9(14)11(16)7-8/h3-7,12,17H,2H2,1H3. The molecular weight excluding hydrogens is 292 g/mol. The zero-order chi connectivity index (χ0) is 13.1. The van der Waals surface area contributed by atoms with Crippen molar-refractivity contribution in [3.05, 3.63) is 55.9 Å². The van der Waals surface area contributed by atoms with Crippen molar-refractivity contribution >= 4 is 34.5 Å². The minimum Gasteiger partial charge on any atom is -0.306 e. The largest absolute Gasteiger partial charge is 0.306 e. The van der Waals surface area contributed by atoms with Crippen LogP contribution in [0.4, 0.5) is 4.39 Å². The molecule has 18 heavy (non-hydrogen) atoms. The van der Waals surface area contributed by atoms with E-state index in [0.717, 1.165) is 17.0 Å². The molecule has 0 fully saturated rings. The van der Waals surface area contributed by atoms with Crippen LogP contribution in [0.5, 0.6) is 0 Å². The maximum absolute atomic E-state index is 13.5. The first kappa shape index (κ1) is 13.8. The average Bonchev–Trinajstić information content (AvgIpc) is 2.76. The molecule has 1 atom stereocenters. The highest BCUT2D eigenvalue weighted by atomic mass is 35.5. The van der Waals surface area contributed by atoms with Crippen LogP contribution in [-0.2, 0) is 0 Å². The second-order valence-corrected chi connectivity index (χ2v) is 5.56. The number of hydrogen-bond donors (Lipinski definition) is 1. The molecule has 0 aliphatic rings. The molecule has 0 spiro atoms.